The Morgan fingerprint density at radius 3 is 2.47 bits per heavy atom. The third-order valence-electron chi connectivity index (χ3n) is 4.50. The molecule has 3 rings (SSSR count). The van der Waals surface area contributed by atoms with Crippen LogP contribution in [-0.4, -0.2) is 28.4 Å². The second kappa shape index (κ2) is 9.71. The zero-order valence-corrected chi connectivity index (χ0v) is 17.6. The number of nitrogen functional groups attached to an aromatic ring is 1. The minimum atomic E-state index is -1.79. The van der Waals surface area contributed by atoms with Crippen LogP contribution < -0.4 is 16.4 Å². The Hall–Kier alpha value is -3.56. The first-order valence-corrected chi connectivity index (χ1v) is 9.86. The molecule has 0 unspecified atom stereocenters. The van der Waals surface area contributed by atoms with Gasteiger partial charge in [-0.25, -0.2) is 13.8 Å². The molecule has 0 fully saturated rings. The predicted molar refractivity (Wildman–Crippen MR) is 117 cm³/mol. The van der Waals surface area contributed by atoms with Crippen molar-refractivity contribution in [3.8, 4) is 11.1 Å². The van der Waals surface area contributed by atoms with E-state index in [1.807, 2.05) is 0 Å². The molecule has 0 aliphatic heterocycles. The van der Waals surface area contributed by atoms with Gasteiger partial charge in [-0.3, -0.25) is 9.59 Å². The fourth-order valence-electron chi connectivity index (χ4n) is 2.98. The van der Waals surface area contributed by atoms with Gasteiger partial charge in [0.05, 0.1) is 10.6 Å². The maximum atomic E-state index is 13.3. The third-order valence-corrected chi connectivity index (χ3v) is 4.81. The number of hydrogen-bond acceptors (Lipinski definition) is 5. The number of carbonyl (C=O) groups excluding carboxylic acids is 2. The van der Waals surface area contributed by atoms with Crippen LogP contribution in [0.5, 0.6) is 0 Å². The number of amides is 2. The topological polar surface area (TPSA) is 117 Å². The molecule has 1 atom stereocenters. The van der Waals surface area contributed by atoms with Crippen molar-refractivity contribution in [2.75, 3.05) is 17.6 Å². The molecule has 0 radical (unpaired) electrons. The molecule has 1 aromatic heterocycles. The monoisotopic (exact) mass is 460 g/mol. The Morgan fingerprint density at radius 1 is 1.16 bits per heavy atom. The summed E-state index contributed by atoms with van der Waals surface area (Å²) in [4.78, 5) is 28.5. The number of rotatable bonds is 6. The van der Waals surface area contributed by atoms with E-state index < -0.39 is 23.6 Å². The number of anilines is 2. The predicted octanol–water partition coefficient (Wildman–Crippen LogP) is 3.68. The molecule has 0 aliphatic rings. The van der Waals surface area contributed by atoms with Crippen molar-refractivity contribution in [3.63, 3.8) is 0 Å². The summed E-state index contributed by atoms with van der Waals surface area (Å²) in [6.45, 7) is 2.20. The Labute approximate surface area is 187 Å². The SMILES string of the molecule is CCNC(=O)c1cc(-c2ccc(NC(=O)[C@H](O)c3cc(F)cc(F)c3)cc2Cl)cnc1N. The van der Waals surface area contributed by atoms with Crippen molar-refractivity contribution in [1.29, 1.82) is 0 Å². The molecule has 0 saturated carbocycles. The van der Waals surface area contributed by atoms with Gasteiger partial charge in [0, 0.05) is 35.6 Å². The number of nitrogens with zero attached hydrogens (tertiary/aromatic N) is 1. The number of carbonyl (C=O) groups is 2. The molecule has 2 amide bonds. The summed E-state index contributed by atoms with van der Waals surface area (Å²) in [5, 5.41) is 15.4. The molecule has 0 bridgehead atoms. The Bertz CT molecular complexity index is 1170. The Morgan fingerprint density at radius 2 is 1.84 bits per heavy atom. The van der Waals surface area contributed by atoms with Crippen molar-refractivity contribution < 1.29 is 23.5 Å². The molecule has 3 aromatic rings. The van der Waals surface area contributed by atoms with Gasteiger partial charge in [0.25, 0.3) is 11.8 Å². The fraction of sp³-hybridized carbons (Fsp3) is 0.136. The molecular weight excluding hydrogens is 442 g/mol. The van der Waals surface area contributed by atoms with Crippen LogP contribution in [0.15, 0.2) is 48.7 Å². The zero-order valence-electron chi connectivity index (χ0n) is 16.8. The first-order chi connectivity index (χ1) is 15.2. The van der Waals surface area contributed by atoms with Crippen molar-refractivity contribution in [3.05, 3.63) is 76.4 Å². The van der Waals surface area contributed by atoms with E-state index in [0.717, 1.165) is 12.1 Å². The van der Waals surface area contributed by atoms with Gasteiger partial charge in [-0.1, -0.05) is 17.7 Å². The summed E-state index contributed by atoms with van der Waals surface area (Å²) >= 11 is 6.35. The van der Waals surface area contributed by atoms with Crippen LogP contribution in [0, 0.1) is 11.6 Å². The molecule has 0 aliphatic carbocycles. The molecule has 5 N–H and O–H groups in total. The minimum absolute atomic E-state index is 0.0717. The number of halogens is 3. The summed E-state index contributed by atoms with van der Waals surface area (Å²) < 4.78 is 26.7. The van der Waals surface area contributed by atoms with Gasteiger partial charge in [0.1, 0.15) is 17.5 Å². The lowest BCUT2D eigenvalue weighted by atomic mass is 10.0. The molecule has 0 saturated heterocycles. The maximum absolute atomic E-state index is 13.3. The summed E-state index contributed by atoms with van der Waals surface area (Å²) in [6, 6.07) is 8.44. The van der Waals surface area contributed by atoms with E-state index >= 15 is 0 Å². The lowest BCUT2D eigenvalue weighted by molar-refractivity contribution is -0.124. The third kappa shape index (κ3) is 5.19. The van der Waals surface area contributed by atoms with E-state index in [4.69, 9.17) is 17.3 Å². The smallest absolute Gasteiger partial charge is 0.257 e. The van der Waals surface area contributed by atoms with Gasteiger partial charge < -0.3 is 21.5 Å². The van der Waals surface area contributed by atoms with E-state index in [1.165, 1.54) is 18.3 Å². The first-order valence-electron chi connectivity index (χ1n) is 9.48. The van der Waals surface area contributed by atoms with Crippen molar-refractivity contribution in [1.82, 2.24) is 10.3 Å². The number of nitrogens with two attached hydrogens (primary N) is 1. The van der Waals surface area contributed by atoms with E-state index in [2.05, 4.69) is 15.6 Å². The number of pyridine rings is 1. The molecule has 10 heteroatoms. The standard InChI is InChI=1S/C22H19ClF2N4O3/c1-2-27-21(31)17-7-12(10-28-20(17)26)16-4-3-15(9-18(16)23)29-22(32)19(30)11-5-13(24)8-14(25)6-11/h3-10,19,30H,2H2,1H3,(H2,26,28)(H,27,31)(H,29,32)/t19-/m1/s1. The normalized spacial score (nSPS) is 11.7. The zero-order chi connectivity index (χ0) is 23.4. The second-order valence-electron chi connectivity index (χ2n) is 6.81. The van der Waals surface area contributed by atoms with Gasteiger partial charge in [-0.2, -0.15) is 0 Å². The number of hydrogen-bond donors (Lipinski definition) is 4. The summed E-state index contributed by atoms with van der Waals surface area (Å²) in [5.41, 5.74) is 7.05. The quantitative estimate of drug-likeness (QED) is 0.447. The van der Waals surface area contributed by atoms with Crippen molar-refractivity contribution in [2.24, 2.45) is 0 Å². The van der Waals surface area contributed by atoms with Crippen LogP contribution >= 0.6 is 11.6 Å². The lowest BCUT2D eigenvalue weighted by Crippen LogP contribution is -2.24. The van der Waals surface area contributed by atoms with E-state index in [9.17, 15) is 23.5 Å². The van der Waals surface area contributed by atoms with Crippen LogP contribution in [-0.2, 0) is 4.79 Å². The van der Waals surface area contributed by atoms with Crippen LogP contribution in [0.25, 0.3) is 11.1 Å². The molecule has 0 spiro atoms. The average Bonchev–Trinajstić information content (AvgIpc) is 2.73. The van der Waals surface area contributed by atoms with E-state index in [-0.39, 0.29) is 33.6 Å². The number of benzene rings is 2. The largest absolute Gasteiger partial charge is 0.383 e. The molecular formula is C22H19ClF2N4O3. The van der Waals surface area contributed by atoms with Gasteiger partial charge in [-0.05, 0) is 42.8 Å². The highest BCUT2D eigenvalue weighted by atomic mass is 35.5. The van der Waals surface area contributed by atoms with E-state index in [0.29, 0.717) is 23.7 Å². The lowest BCUT2D eigenvalue weighted by Gasteiger charge is -2.14. The Kier molecular flexibility index (Phi) is 7.01. The number of nitrogens with one attached hydrogen (secondary N) is 2. The maximum Gasteiger partial charge on any atom is 0.257 e. The van der Waals surface area contributed by atoms with Gasteiger partial charge in [0.15, 0.2) is 6.10 Å². The van der Waals surface area contributed by atoms with Gasteiger partial charge in [0.2, 0.25) is 0 Å². The van der Waals surface area contributed by atoms with Crippen molar-refractivity contribution in [2.45, 2.75) is 13.0 Å². The first kappa shape index (κ1) is 23.1. The van der Waals surface area contributed by atoms with Crippen molar-refractivity contribution >= 4 is 34.9 Å². The highest BCUT2D eigenvalue weighted by molar-refractivity contribution is 6.33. The number of aliphatic hydroxyl groups is 1. The van der Waals surface area contributed by atoms with Gasteiger partial charge >= 0.3 is 0 Å². The fourth-order valence-corrected chi connectivity index (χ4v) is 3.27. The summed E-state index contributed by atoms with van der Waals surface area (Å²) in [5.74, 6) is -3.03. The molecule has 2 aromatic carbocycles. The van der Waals surface area contributed by atoms with Crippen LogP contribution in [0.2, 0.25) is 5.02 Å². The van der Waals surface area contributed by atoms with Crippen LogP contribution in [0.3, 0.4) is 0 Å². The van der Waals surface area contributed by atoms with Crippen LogP contribution in [0.1, 0.15) is 28.9 Å². The number of aromatic nitrogens is 1. The van der Waals surface area contributed by atoms with Crippen LogP contribution in [0.4, 0.5) is 20.3 Å². The minimum Gasteiger partial charge on any atom is -0.383 e. The van der Waals surface area contributed by atoms with Gasteiger partial charge in [-0.15, -0.1) is 0 Å². The van der Waals surface area contributed by atoms with E-state index in [1.54, 1.807) is 19.1 Å². The second-order valence-corrected chi connectivity index (χ2v) is 7.21. The molecule has 7 nitrogen and oxygen atoms in total. The summed E-state index contributed by atoms with van der Waals surface area (Å²) in [7, 11) is 0. The molecule has 166 valence electrons. The molecule has 1 heterocycles. The highest BCUT2D eigenvalue weighted by Gasteiger charge is 2.20. The molecule has 32 heavy (non-hydrogen) atoms. The summed E-state index contributed by atoms with van der Waals surface area (Å²) in [6.07, 6.45) is -0.334. The number of aliphatic hydroxyl groups excluding tert-OH is 1. The highest BCUT2D eigenvalue weighted by Crippen LogP contribution is 2.32. The Balaban J connectivity index is 1.82. The average molecular weight is 461 g/mol.